The first-order valence-corrected chi connectivity index (χ1v) is 7.02. The number of pyridine rings is 1. The van der Waals surface area contributed by atoms with Crippen LogP contribution in [0.1, 0.15) is 12.5 Å². The average molecular weight is 274 g/mol. The summed E-state index contributed by atoms with van der Waals surface area (Å²) in [5.41, 5.74) is 7.06. The van der Waals surface area contributed by atoms with E-state index in [4.69, 9.17) is 10.5 Å². The monoisotopic (exact) mass is 274 g/mol. The van der Waals surface area contributed by atoms with E-state index in [2.05, 4.69) is 11.1 Å². The molecule has 0 bridgehead atoms. The van der Waals surface area contributed by atoms with Crippen LogP contribution < -0.4 is 10.5 Å². The van der Waals surface area contributed by atoms with Crippen molar-refractivity contribution in [2.24, 2.45) is 5.73 Å². The first kappa shape index (κ1) is 13.9. The molecule has 1 heterocycles. The second kappa shape index (κ2) is 6.59. The highest BCUT2D eigenvalue weighted by Crippen LogP contribution is 2.30. The van der Waals surface area contributed by atoms with Crippen LogP contribution in [0, 0.1) is 0 Å². The zero-order valence-electron chi connectivity index (χ0n) is 11.2. The number of ether oxygens (including phenoxy) is 1. The highest BCUT2D eigenvalue weighted by atomic mass is 32.2. The lowest BCUT2D eigenvalue weighted by molar-refractivity contribution is 0.414. The summed E-state index contributed by atoms with van der Waals surface area (Å²) >= 11 is 1.65. The van der Waals surface area contributed by atoms with Crippen molar-refractivity contribution in [3.63, 3.8) is 0 Å². The van der Waals surface area contributed by atoms with Gasteiger partial charge in [0, 0.05) is 17.1 Å². The van der Waals surface area contributed by atoms with Gasteiger partial charge in [-0.25, -0.2) is 4.98 Å². The minimum Gasteiger partial charge on any atom is -0.497 e. The molecule has 100 valence electrons. The molecule has 1 aromatic carbocycles. The molecule has 1 unspecified atom stereocenters. The summed E-state index contributed by atoms with van der Waals surface area (Å²) in [5, 5.41) is 1.02. The lowest BCUT2D eigenvalue weighted by Crippen LogP contribution is -2.18. The molecule has 0 saturated heterocycles. The van der Waals surface area contributed by atoms with Gasteiger partial charge in [-0.1, -0.05) is 17.8 Å². The predicted octanol–water partition coefficient (Wildman–Crippen LogP) is 3.13. The number of benzene rings is 1. The Morgan fingerprint density at radius 2 is 2.00 bits per heavy atom. The molecule has 0 saturated carbocycles. The molecule has 0 aliphatic heterocycles. The number of hydrogen-bond acceptors (Lipinski definition) is 4. The van der Waals surface area contributed by atoms with E-state index < -0.39 is 0 Å². The molecule has 0 spiro atoms. The van der Waals surface area contributed by atoms with Crippen molar-refractivity contribution in [2.45, 2.75) is 29.3 Å². The quantitative estimate of drug-likeness (QED) is 0.910. The molecular formula is C15H18N2OS. The van der Waals surface area contributed by atoms with Gasteiger partial charge in [0.15, 0.2) is 0 Å². The third-order valence-corrected chi connectivity index (χ3v) is 3.73. The fraction of sp³-hybridized carbons (Fsp3) is 0.267. The highest BCUT2D eigenvalue weighted by Gasteiger charge is 2.07. The van der Waals surface area contributed by atoms with Gasteiger partial charge in [-0.3, -0.25) is 0 Å². The Morgan fingerprint density at radius 1 is 1.26 bits per heavy atom. The normalized spacial score (nSPS) is 12.2. The summed E-state index contributed by atoms with van der Waals surface area (Å²) in [7, 11) is 1.67. The third-order valence-electron chi connectivity index (χ3n) is 2.67. The van der Waals surface area contributed by atoms with E-state index in [-0.39, 0.29) is 6.04 Å². The topological polar surface area (TPSA) is 48.1 Å². The van der Waals surface area contributed by atoms with Crippen LogP contribution >= 0.6 is 11.8 Å². The van der Waals surface area contributed by atoms with E-state index in [9.17, 15) is 0 Å². The molecule has 3 nitrogen and oxygen atoms in total. The Kier molecular flexibility index (Phi) is 4.82. The van der Waals surface area contributed by atoms with Crippen molar-refractivity contribution < 1.29 is 4.74 Å². The largest absolute Gasteiger partial charge is 0.497 e. The van der Waals surface area contributed by atoms with Crippen LogP contribution in [0.2, 0.25) is 0 Å². The number of methoxy groups -OCH3 is 1. The molecule has 2 aromatic rings. The molecular weight excluding hydrogens is 256 g/mol. The zero-order valence-corrected chi connectivity index (χ0v) is 12.0. The number of rotatable bonds is 5. The predicted molar refractivity (Wildman–Crippen MR) is 78.7 cm³/mol. The summed E-state index contributed by atoms with van der Waals surface area (Å²) < 4.78 is 5.15. The molecule has 0 fully saturated rings. The van der Waals surface area contributed by atoms with Crippen molar-refractivity contribution in [3.8, 4) is 5.75 Å². The van der Waals surface area contributed by atoms with E-state index in [0.717, 1.165) is 22.1 Å². The average Bonchev–Trinajstić information content (AvgIpc) is 2.41. The minimum atomic E-state index is 0.138. The smallest absolute Gasteiger partial charge is 0.118 e. The van der Waals surface area contributed by atoms with Gasteiger partial charge < -0.3 is 10.5 Å². The van der Waals surface area contributed by atoms with Crippen LogP contribution in [0.5, 0.6) is 5.75 Å². The van der Waals surface area contributed by atoms with Gasteiger partial charge in [0.1, 0.15) is 10.8 Å². The Bertz CT molecular complexity index is 526. The Morgan fingerprint density at radius 3 is 2.63 bits per heavy atom. The summed E-state index contributed by atoms with van der Waals surface area (Å²) in [5.74, 6) is 0.862. The van der Waals surface area contributed by atoms with Crippen LogP contribution in [0.15, 0.2) is 52.5 Å². The number of nitrogens with two attached hydrogens (primary N) is 1. The Balaban J connectivity index is 2.17. The standard InChI is InChI=1S/C15H18N2OS/c1-11(16)10-12-4-3-9-17-15(12)19-14-7-5-13(18-2)6-8-14/h3-9,11H,10,16H2,1-2H3. The molecule has 0 radical (unpaired) electrons. The van der Waals surface area contributed by atoms with Crippen molar-refractivity contribution in [1.82, 2.24) is 4.98 Å². The fourth-order valence-corrected chi connectivity index (χ4v) is 2.67. The maximum Gasteiger partial charge on any atom is 0.118 e. The van der Waals surface area contributed by atoms with Crippen LogP contribution in [0.25, 0.3) is 0 Å². The minimum absolute atomic E-state index is 0.138. The molecule has 4 heteroatoms. The van der Waals surface area contributed by atoms with Gasteiger partial charge in [-0.2, -0.15) is 0 Å². The fourth-order valence-electron chi connectivity index (χ4n) is 1.77. The van der Waals surface area contributed by atoms with E-state index in [1.807, 2.05) is 43.5 Å². The van der Waals surface area contributed by atoms with Crippen molar-refractivity contribution in [2.75, 3.05) is 7.11 Å². The van der Waals surface area contributed by atoms with Crippen LogP contribution in [-0.4, -0.2) is 18.1 Å². The van der Waals surface area contributed by atoms with Crippen molar-refractivity contribution in [1.29, 1.82) is 0 Å². The van der Waals surface area contributed by atoms with E-state index in [1.54, 1.807) is 18.9 Å². The van der Waals surface area contributed by atoms with Crippen LogP contribution in [-0.2, 0) is 6.42 Å². The zero-order chi connectivity index (χ0) is 13.7. The maximum atomic E-state index is 5.87. The van der Waals surface area contributed by atoms with Gasteiger partial charge in [0.05, 0.1) is 7.11 Å². The first-order chi connectivity index (χ1) is 9.19. The van der Waals surface area contributed by atoms with Crippen molar-refractivity contribution in [3.05, 3.63) is 48.2 Å². The molecule has 19 heavy (non-hydrogen) atoms. The first-order valence-electron chi connectivity index (χ1n) is 6.20. The summed E-state index contributed by atoms with van der Waals surface area (Å²) in [6.07, 6.45) is 2.66. The highest BCUT2D eigenvalue weighted by molar-refractivity contribution is 7.99. The van der Waals surface area contributed by atoms with Gasteiger partial charge >= 0.3 is 0 Å². The number of nitrogens with zero attached hydrogens (tertiary/aromatic N) is 1. The third kappa shape index (κ3) is 3.98. The van der Waals surface area contributed by atoms with Gasteiger partial charge in [0.2, 0.25) is 0 Å². The maximum absolute atomic E-state index is 5.87. The molecule has 0 aliphatic rings. The molecule has 0 aliphatic carbocycles. The Hall–Kier alpha value is -1.52. The van der Waals surface area contributed by atoms with Crippen LogP contribution in [0.3, 0.4) is 0 Å². The van der Waals surface area contributed by atoms with E-state index >= 15 is 0 Å². The lowest BCUT2D eigenvalue weighted by atomic mass is 10.1. The number of hydrogen-bond donors (Lipinski definition) is 1. The summed E-state index contributed by atoms with van der Waals surface area (Å²) in [6.45, 7) is 2.01. The van der Waals surface area contributed by atoms with E-state index in [0.29, 0.717) is 0 Å². The second-order valence-corrected chi connectivity index (χ2v) is 5.49. The summed E-state index contributed by atoms with van der Waals surface area (Å²) in [4.78, 5) is 5.59. The lowest BCUT2D eigenvalue weighted by Gasteiger charge is -2.10. The molecule has 1 atom stereocenters. The van der Waals surface area contributed by atoms with E-state index in [1.165, 1.54) is 5.56 Å². The number of aromatic nitrogens is 1. The molecule has 2 N–H and O–H groups in total. The second-order valence-electron chi connectivity index (χ2n) is 4.43. The van der Waals surface area contributed by atoms with Crippen LogP contribution in [0.4, 0.5) is 0 Å². The molecule has 1 aromatic heterocycles. The van der Waals surface area contributed by atoms with Gasteiger partial charge in [-0.05, 0) is 49.2 Å². The molecule has 0 amide bonds. The summed E-state index contributed by atoms with van der Waals surface area (Å²) in [6, 6.07) is 12.2. The Labute approximate surface area is 118 Å². The SMILES string of the molecule is COc1ccc(Sc2ncccc2CC(C)N)cc1. The van der Waals surface area contributed by atoms with Gasteiger partial charge in [-0.15, -0.1) is 0 Å². The molecule has 2 rings (SSSR count). The van der Waals surface area contributed by atoms with Gasteiger partial charge in [0.25, 0.3) is 0 Å². The van der Waals surface area contributed by atoms with Crippen molar-refractivity contribution >= 4 is 11.8 Å².